The van der Waals surface area contributed by atoms with Crippen molar-refractivity contribution < 1.29 is 23.9 Å². The molecule has 0 saturated heterocycles. The van der Waals surface area contributed by atoms with E-state index in [2.05, 4.69) is 4.98 Å². The highest BCUT2D eigenvalue weighted by molar-refractivity contribution is 6.05. The maximum atomic E-state index is 12.6. The van der Waals surface area contributed by atoms with Crippen LogP contribution in [0.2, 0.25) is 0 Å². The Morgan fingerprint density at radius 1 is 1.11 bits per heavy atom. The summed E-state index contributed by atoms with van der Waals surface area (Å²) in [4.78, 5) is 39.3. The van der Waals surface area contributed by atoms with Crippen LogP contribution in [0.1, 0.15) is 57.9 Å². The third-order valence-corrected chi connectivity index (χ3v) is 4.49. The van der Waals surface area contributed by atoms with Crippen molar-refractivity contribution in [1.82, 2.24) is 4.98 Å². The molecule has 1 N–H and O–H groups in total. The van der Waals surface area contributed by atoms with E-state index >= 15 is 0 Å². The lowest BCUT2D eigenvalue weighted by molar-refractivity contribution is -0.146. The number of ketones is 2. The lowest BCUT2D eigenvalue weighted by Crippen LogP contribution is -2.25. The van der Waals surface area contributed by atoms with Crippen LogP contribution in [0.3, 0.4) is 0 Å². The van der Waals surface area contributed by atoms with Crippen LogP contribution in [0.5, 0.6) is 5.75 Å². The number of hydrogen-bond acceptors (Lipinski definition) is 5. The molecule has 1 heterocycles. The maximum Gasteiger partial charge on any atom is 0.306 e. The molecule has 0 radical (unpaired) electrons. The SMILES string of the molecule is COc1ccc(CCC(=O)OC(C)C(=O)c2[nH]c(C)c(C(C)=O)c2C)cc1. The van der Waals surface area contributed by atoms with Gasteiger partial charge in [0.05, 0.1) is 12.8 Å². The fourth-order valence-electron chi connectivity index (χ4n) is 3.08. The van der Waals surface area contributed by atoms with Crippen LogP contribution in [-0.2, 0) is 16.0 Å². The largest absolute Gasteiger partial charge is 0.497 e. The topological polar surface area (TPSA) is 85.5 Å². The molecule has 0 amide bonds. The molecule has 0 aliphatic carbocycles. The van der Waals surface area contributed by atoms with Crippen molar-refractivity contribution >= 4 is 17.5 Å². The molecular weight excluding hydrogens is 346 g/mol. The van der Waals surface area contributed by atoms with E-state index in [-0.39, 0.29) is 18.0 Å². The quantitative estimate of drug-likeness (QED) is 0.566. The number of nitrogens with one attached hydrogen (secondary N) is 1. The monoisotopic (exact) mass is 371 g/mol. The van der Waals surface area contributed by atoms with Crippen LogP contribution >= 0.6 is 0 Å². The van der Waals surface area contributed by atoms with Crippen molar-refractivity contribution in [2.24, 2.45) is 0 Å². The number of esters is 1. The third-order valence-electron chi connectivity index (χ3n) is 4.49. The molecule has 6 heteroatoms. The Morgan fingerprint density at radius 3 is 2.26 bits per heavy atom. The molecular formula is C21H25NO5. The lowest BCUT2D eigenvalue weighted by Gasteiger charge is -2.12. The molecule has 1 aromatic carbocycles. The summed E-state index contributed by atoms with van der Waals surface area (Å²) in [6, 6.07) is 7.43. The summed E-state index contributed by atoms with van der Waals surface area (Å²) in [7, 11) is 1.59. The summed E-state index contributed by atoms with van der Waals surface area (Å²) < 4.78 is 10.4. The second-order valence-corrected chi connectivity index (χ2v) is 6.53. The molecule has 1 unspecified atom stereocenters. The van der Waals surface area contributed by atoms with Gasteiger partial charge >= 0.3 is 5.97 Å². The zero-order valence-corrected chi connectivity index (χ0v) is 16.3. The smallest absolute Gasteiger partial charge is 0.306 e. The first kappa shape index (κ1) is 20.4. The highest BCUT2D eigenvalue weighted by Crippen LogP contribution is 2.20. The number of ether oxygens (including phenoxy) is 2. The molecule has 0 fully saturated rings. The fourth-order valence-corrected chi connectivity index (χ4v) is 3.08. The van der Waals surface area contributed by atoms with Gasteiger partial charge in [0.25, 0.3) is 0 Å². The molecule has 6 nitrogen and oxygen atoms in total. The fraction of sp³-hybridized carbons (Fsp3) is 0.381. The van der Waals surface area contributed by atoms with E-state index in [9.17, 15) is 14.4 Å². The van der Waals surface area contributed by atoms with Gasteiger partial charge in [0.2, 0.25) is 5.78 Å². The molecule has 0 aliphatic heterocycles. The first-order chi connectivity index (χ1) is 12.7. The van der Waals surface area contributed by atoms with Gasteiger partial charge in [-0.05, 0) is 57.4 Å². The zero-order chi connectivity index (χ0) is 20.1. The number of rotatable bonds is 8. The maximum absolute atomic E-state index is 12.6. The predicted octanol–water partition coefficient (Wildman–Crippen LogP) is 3.59. The third kappa shape index (κ3) is 4.84. The number of carbonyl (C=O) groups is 3. The van der Waals surface area contributed by atoms with Gasteiger partial charge in [-0.15, -0.1) is 0 Å². The Balaban J connectivity index is 1.96. The Labute approximate surface area is 158 Å². The molecule has 2 rings (SSSR count). The molecule has 27 heavy (non-hydrogen) atoms. The minimum Gasteiger partial charge on any atom is -0.497 e. The van der Waals surface area contributed by atoms with E-state index in [1.54, 1.807) is 21.0 Å². The van der Waals surface area contributed by atoms with Gasteiger partial charge in [0.1, 0.15) is 5.75 Å². The van der Waals surface area contributed by atoms with Crippen molar-refractivity contribution in [2.45, 2.75) is 46.6 Å². The van der Waals surface area contributed by atoms with E-state index in [1.807, 2.05) is 24.3 Å². The van der Waals surface area contributed by atoms with Crippen LogP contribution < -0.4 is 4.74 Å². The minimum absolute atomic E-state index is 0.107. The van der Waals surface area contributed by atoms with Gasteiger partial charge in [0.15, 0.2) is 11.9 Å². The van der Waals surface area contributed by atoms with Gasteiger partial charge in [-0.25, -0.2) is 0 Å². The van der Waals surface area contributed by atoms with Crippen molar-refractivity contribution in [3.8, 4) is 5.75 Å². The first-order valence-electron chi connectivity index (χ1n) is 8.81. The normalized spacial score (nSPS) is 11.7. The second-order valence-electron chi connectivity index (χ2n) is 6.53. The average molecular weight is 371 g/mol. The van der Waals surface area contributed by atoms with E-state index in [0.717, 1.165) is 11.3 Å². The highest BCUT2D eigenvalue weighted by atomic mass is 16.5. The number of H-pyrrole nitrogens is 1. The number of benzene rings is 1. The standard InChI is InChI=1S/C21H25NO5/c1-12-19(14(3)23)13(2)22-20(12)21(25)15(4)27-18(24)11-8-16-6-9-17(26-5)10-7-16/h6-7,9-10,15,22H,8,11H2,1-5H3. The van der Waals surface area contributed by atoms with Gasteiger partial charge < -0.3 is 14.5 Å². The summed E-state index contributed by atoms with van der Waals surface area (Å²) in [5.41, 5.74) is 3.03. The van der Waals surface area contributed by atoms with Crippen molar-refractivity contribution in [2.75, 3.05) is 7.11 Å². The molecule has 144 valence electrons. The molecule has 0 bridgehead atoms. The van der Waals surface area contributed by atoms with Crippen LogP contribution in [0.15, 0.2) is 24.3 Å². The summed E-state index contributed by atoms with van der Waals surface area (Å²) in [6.07, 6.45) is -0.241. The number of carbonyl (C=O) groups excluding carboxylic acids is 3. The highest BCUT2D eigenvalue weighted by Gasteiger charge is 2.25. The summed E-state index contributed by atoms with van der Waals surface area (Å²) in [5, 5.41) is 0. The van der Waals surface area contributed by atoms with Gasteiger partial charge in [-0.3, -0.25) is 14.4 Å². The number of aryl methyl sites for hydroxylation is 2. The van der Waals surface area contributed by atoms with E-state index in [0.29, 0.717) is 28.9 Å². The minimum atomic E-state index is -0.926. The van der Waals surface area contributed by atoms with Crippen LogP contribution in [-0.4, -0.2) is 35.7 Å². The van der Waals surface area contributed by atoms with E-state index in [1.165, 1.54) is 13.8 Å². The van der Waals surface area contributed by atoms with E-state index in [4.69, 9.17) is 9.47 Å². The van der Waals surface area contributed by atoms with Crippen molar-refractivity contribution in [3.05, 3.63) is 52.3 Å². The van der Waals surface area contributed by atoms with Crippen LogP contribution in [0.25, 0.3) is 0 Å². The Bertz CT molecular complexity index is 848. The molecule has 0 spiro atoms. The van der Waals surface area contributed by atoms with Crippen LogP contribution in [0.4, 0.5) is 0 Å². The number of aromatic nitrogens is 1. The lowest BCUT2D eigenvalue weighted by atomic mass is 10.0. The van der Waals surface area contributed by atoms with Crippen LogP contribution in [0, 0.1) is 13.8 Å². The summed E-state index contributed by atoms with van der Waals surface area (Å²) in [6.45, 7) is 6.45. The van der Waals surface area contributed by atoms with Gasteiger partial charge in [-0.2, -0.15) is 0 Å². The van der Waals surface area contributed by atoms with Crippen molar-refractivity contribution in [3.63, 3.8) is 0 Å². The Morgan fingerprint density at radius 2 is 1.74 bits per heavy atom. The molecule has 0 aliphatic rings. The summed E-state index contributed by atoms with van der Waals surface area (Å²) in [5.74, 6) is -0.146. The van der Waals surface area contributed by atoms with Gasteiger partial charge in [-0.1, -0.05) is 12.1 Å². The zero-order valence-electron chi connectivity index (χ0n) is 16.3. The molecule has 1 atom stereocenters. The average Bonchev–Trinajstić information content (AvgIpc) is 2.94. The first-order valence-corrected chi connectivity index (χ1v) is 8.81. The second kappa shape index (κ2) is 8.66. The summed E-state index contributed by atoms with van der Waals surface area (Å²) >= 11 is 0. The van der Waals surface area contributed by atoms with Crippen molar-refractivity contribution in [1.29, 1.82) is 0 Å². The number of aromatic amines is 1. The Kier molecular flexibility index (Phi) is 6.55. The van der Waals surface area contributed by atoms with Gasteiger partial charge in [0, 0.05) is 17.7 Å². The number of hydrogen-bond donors (Lipinski definition) is 1. The predicted molar refractivity (Wildman–Crippen MR) is 101 cm³/mol. The Hall–Kier alpha value is -2.89. The molecule has 2 aromatic rings. The van der Waals surface area contributed by atoms with E-state index < -0.39 is 12.1 Å². The number of methoxy groups -OCH3 is 1. The molecule has 1 aromatic heterocycles. The molecule has 0 saturated carbocycles. The number of Topliss-reactive ketones (excluding diaryl/α,β-unsaturated/α-hetero) is 2.